The Labute approximate surface area is 290 Å². The van der Waals surface area contributed by atoms with E-state index in [2.05, 4.69) is 37.3 Å². The van der Waals surface area contributed by atoms with Crippen molar-refractivity contribution in [3.8, 4) is 5.75 Å². The molecule has 4 rings (SSSR count). The number of nitrogens with one attached hydrogen (secondary N) is 1. The van der Waals surface area contributed by atoms with E-state index in [0.29, 0.717) is 32.1 Å². The van der Waals surface area contributed by atoms with Crippen LogP contribution in [-0.2, 0) is 25.4 Å². The number of hydrogen-bond acceptors (Lipinski definition) is 12. The van der Waals surface area contributed by atoms with Gasteiger partial charge in [-0.05, 0) is 109 Å². The lowest BCUT2D eigenvalue weighted by Gasteiger charge is -2.23. The molecule has 1 aromatic carbocycles. The van der Waals surface area contributed by atoms with Crippen molar-refractivity contribution in [1.29, 1.82) is 0 Å². The van der Waals surface area contributed by atoms with Crippen LogP contribution in [0.2, 0.25) is 0 Å². The maximum atomic E-state index is 12.4. The van der Waals surface area contributed by atoms with Crippen molar-refractivity contribution in [1.82, 2.24) is 20.2 Å². The number of hydrogen-bond donors (Lipinski definition) is 4. The predicted octanol–water partition coefficient (Wildman–Crippen LogP) is 3.56. The van der Waals surface area contributed by atoms with Crippen LogP contribution in [0.4, 0.5) is 11.6 Å². The van der Waals surface area contributed by atoms with Gasteiger partial charge in [-0.15, -0.1) is 0 Å². The third kappa shape index (κ3) is 13.7. The van der Waals surface area contributed by atoms with E-state index in [1.165, 1.54) is 5.56 Å². The fraction of sp³-hybridized carbons (Fsp3) is 0.657. The second-order valence-corrected chi connectivity index (χ2v) is 12.8. The van der Waals surface area contributed by atoms with Crippen LogP contribution >= 0.6 is 0 Å². The van der Waals surface area contributed by atoms with Crippen LogP contribution in [0.25, 0.3) is 0 Å². The summed E-state index contributed by atoms with van der Waals surface area (Å²) in [6, 6.07) is 8.29. The molecular weight excluding hydrogens is 628 g/mol. The Balaban J connectivity index is 1.12. The predicted molar refractivity (Wildman–Crippen MR) is 189 cm³/mol. The normalized spacial score (nSPS) is 21.0. The van der Waals surface area contributed by atoms with Crippen molar-refractivity contribution in [3.63, 3.8) is 0 Å². The van der Waals surface area contributed by atoms with Gasteiger partial charge in [0, 0.05) is 13.1 Å². The largest absolute Gasteiger partial charge is 0.492 e. The van der Waals surface area contributed by atoms with Crippen molar-refractivity contribution in [3.05, 3.63) is 41.2 Å². The van der Waals surface area contributed by atoms with Gasteiger partial charge in [-0.25, -0.2) is 9.97 Å². The molecule has 0 spiro atoms. The first-order valence-electron chi connectivity index (χ1n) is 17.7. The first kappa shape index (κ1) is 38.2. The lowest BCUT2D eigenvalue weighted by atomic mass is 10.1. The molecule has 2 aliphatic heterocycles. The highest BCUT2D eigenvalue weighted by Crippen LogP contribution is 2.19. The quantitative estimate of drug-likeness (QED) is 0.0901. The van der Waals surface area contributed by atoms with Gasteiger partial charge in [-0.2, -0.15) is 0 Å². The zero-order valence-electron chi connectivity index (χ0n) is 29.4. The van der Waals surface area contributed by atoms with E-state index in [0.717, 1.165) is 83.2 Å². The number of benzene rings is 1. The third-order valence-electron chi connectivity index (χ3n) is 8.65. The Morgan fingerprint density at radius 3 is 2.12 bits per heavy atom. The monoisotopic (exact) mass is 684 g/mol. The lowest BCUT2D eigenvalue weighted by Crippen LogP contribution is -2.38. The Kier molecular flexibility index (Phi) is 15.8. The van der Waals surface area contributed by atoms with Crippen molar-refractivity contribution in [2.75, 3.05) is 57.5 Å². The molecule has 49 heavy (non-hydrogen) atoms. The van der Waals surface area contributed by atoms with Crippen LogP contribution in [0, 0.1) is 6.92 Å². The minimum atomic E-state index is -0.573. The van der Waals surface area contributed by atoms with Gasteiger partial charge in [-0.3, -0.25) is 20.0 Å². The molecule has 2 fully saturated rings. The molecule has 0 saturated carbocycles. The molecular formula is C35H56N8O6. The molecule has 0 radical (unpaired) electrons. The number of aryl methyl sites for hydroxylation is 2. The van der Waals surface area contributed by atoms with E-state index in [4.69, 9.17) is 40.9 Å². The molecule has 1 aromatic heterocycles. The number of aromatic nitrogens is 2. The average Bonchev–Trinajstić information content (AvgIpc) is 3.69. The minimum Gasteiger partial charge on any atom is -0.492 e. The first-order valence-corrected chi connectivity index (χ1v) is 17.7. The van der Waals surface area contributed by atoms with Crippen molar-refractivity contribution >= 4 is 23.5 Å². The number of nitrogens with zero attached hydrogens (tertiary/aromatic N) is 4. The molecule has 2 aliphatic rings. The number of ether oxygens (including phenoxy) is 5. The Hall–Kier alpha value is -3.56. The van der Waals surface area contributed by atoms with Crippen LogP contribution in [0.3, 0.4) is 0 Å². The van der Waals surface area contributed by atoms with Crippen LogP contribution in [-0.4, -0.2) is 97.5 Å². The molecule has 14 nitrogen and oxygen atoms in total. The number of carbonyl (C=O) groups excluding carboxylic acids is 1. The summed E-state index contributed by atoms with van der Waals surface area (Å²) < 4.78 is 28.8. The fourth-order valence-corrected chi connectivity index (χ4v) is 5.85. The Morgan fingerprint density at radius 2 is 1.53 bits per heavy atom. The first-order chi connectivity index (χ1) is 23.7. The fourth-order valence-electron chi connectivity index (χ4n) is 5.85. The van der Waals surface area contributed by atoms with E-state index < -0.39 is 5.91 Å². The molecule has 272 valence electrons. The number of unbranched alkanes of at least 4 members (excludes halogenated alkanes) is 3. The number of nitrogen functional groups attached to an aromatic ring is 2. The zero-order chi connectivity index (χ0) is 35.0. The molecule has 0 bridgehead atoms. The molecule has 0 aliphatic carbocycles. The molecule has 3 heterocycles. The third-order valence-corrected chi connectivity index (χ3v) is 8.65. The zero-order valence-corrected chi connectivity index (χ0v) is 29.4. The van der Waals surface area contributed by atoms with Crippen LogP contribution in [0.1, 0.15) is 87.0 Å². The van der Waals surface area contributed by atoms with Crippen LogP contribution < -0.4 is 27.3 Å². The van der Waals surface area contributed by atoms with Gasteiger partial charge in [-0.1, -0.05) is 12.1 Å². The van der Waals surface area contributed by atoms with Crippen LogP contribution in [0.5, 0.6) is 5.75 Å². The second-order valence-electron chi connectivity index (χ2n) is 12.8. The van der Waals surface area contributed by atoms with Crippen molar-refractivity contribution in [2.24, 2.45) is 10.7 Å². The van der Waals surface area contributed by atoms with Crippen LogP contribution in [0.15, 0.2) is 29.3 Å². The highest BCUT2D eigenvalue weighted by atomic mass is 16.7. The van der Waals surface area contributed by atoms with Gasteiger partial charge in [0.05, 0.1) is 31.1 Å². The molecule has 2 aromatic rings. The smallest absolute Gasteiger partial charge is 0.280 e. The summed E-state index contributed by atoms with van der Waals surface area (Å²) in [7, 11) is 0. The van der Waals surface area contributed by atoms with Gasteiger partial charge >= 0.3 is 0 Å². The van der Waals surface area contributed by atoms with E-state index in [-0.39, 0.29) is 48.1 Å². The Morgan fingerprint density at radius 1 is 0.898 bits per heavy atom. The molecule has 4 atom stereocenters. The SMILES string of the molecule is Cc1nc(C(=O)NC(N)=NCCCCc2ccc(OCCN(CCCCC3COC(C)O3)CCCCC3COC(C)O3)cc2)c(N)nc1N. The summed E-state index contributed by atoms with van der Waals surface area (Å²) in [6.45, 7) is 11.0. The van der Waals surface area contributed by atoms with Gasteiger partial charge in [0.15, 0.2) is 30.1 Å². The number of guanidine groups is 1. The molecule has 4 unspecified atom stereocenters. The number of anilines is 2. The minimum absolute atomic E-state index is 0.00706. The maximum Gasteiger partial charge on any atom is 0.280 e. The van der Waals surface area contributed by atoms with Crippen molar-refractivity contribution in [2.45, 2.75) is 103 Å². The summed E-state index contributed by atoms with van der Waals surface area (Å²) >= 11 is 0. The highest BCUT2D eigenvalue weighted by molar-refractivity contribution is 6.06. The van der Waals surface area contributed by atoms with E-state index in [1.54, 1.807) is 6.92 Å². The highest BCUT2D eigenvalue weighted by Gasteiger charge is 2.23. The summed E-state index contributed by atoms with van der Waals surface area (Å²) in [5.74, 6) is 0.427. The maximum absolute atomic E-state index is 12.4. The number of amides is 1. The number of aliphatic imine (C=N–C) groups is 1. The summed E-state index contributed by atoms with van der Waals surface area (Å²) in [5.41, 5.74) is 18.9. The number of carbonyl (C=O) groups is 1. The van der Waals surface area contributed by atoms with Gasteiger partial charge in [0.25, 0.3) is 5.91 Å². The summed E-state index contributed by atoms with van der Waals surface area (Å²) in [4.78, 5) is 27.2. The Bertz CT molecular complexity index is 1300. The summed E-state index contributed by atoms with van der Waals surface area (Å²) in [6.07, 6.45) is 9.49. The topological polar surface area (TPSA) is 195 Å². The molecule has 7 N–H and O–H groups in total. The van der Waals surface area contributed by atoms with Gasteiger partial charge < -0.3 is 40.9 Å². The van der Waals surface area contributed by atoms with E-state index in [1.807, 2.05) is 26.0 Å². The van der Waals surface area contributed by atoms with E-state index in [9.17, 15) is 4.79 Å². The molecule has 1 amide bonds. The van der Waals surface area contributed by atoms with Gasteiger partial charge in [0.1, 0.15) is 18.2 Å². The van der Waals surface area contributed by atoms with E-state index >= 15 is 0 Å². The van der Waals surface area contributed by atoms with Crippen molar-refractivity contribution < 1.29 is 28.5 Å². The lowest BCUT2D eigenvalue weighted by molar-refractivity contribution is -0.0437. The standard InChI is InChI=1S/C35H56N8O6/c1-24-32(36)41-33(37)31(40-24)34(44)42-35(38)39-17-7-4-10-27-13-15-28(16-14-27)45-21-20-43(18-8-5-11-29-22-46-25(2)48-29)19-9-6-12-30-23-47-26(3)49-30/h13-16,25-26,29-30H,4-12,17-23H2,1-3H3,(H4,36,37,41)(H3,38,39,42,44). The number of nitrogens with two attached hydrogens (primary N) is 3. The number of rotatable bonds is 20. The summed E-state index contributed by atoms with van der Waals surface area (Å²) in [5, 5.41) is 2.50. The molecule has 2 saturated heterocycles. The average molecular weight is 685 g/mol. The van der Waals surface area contributed by atoms with Gasteiger partial charge in [0.2, 0.25) is 0 Å². The molecule has 14 heteroatoms. The second kappa shape index (κ2) is 20.2.